The Labute approximate surface area is 103 Å². The highest BCUT2D eigenvalue weighted by atomic mass is 19.4. The van der Waals surface area contributed by atoms with Crippen molar-refractivity contribution >= 4 is 5.97 Å². The molecule has 0 aliphatic rings. The summed E-state index contributed by atoms with van der Waals surface area (Å²) in [7, 11) is 4.40. The Kier molecular flexibility index (Phi) is 4.34. The summed E-state index contributed by atoms with van der Waals surface area (Å²) in [6, 6.07) is 3.82. The van der Waals surface area contributed by atoms with Crippen molar-refractivity contribution in [2.24, 2.45) is 0 Å². The van der Waals surface area contributed by atoms with Gasteiger partial charge in [0.25, 0.3) is 0 Å². The third-order valence-electron chi connectivity index (χ3n) is 2.47. The van der Waals surface area contributed by atoms with Gasteiger partial charge in [0.2, 0.25) is 0 Å². The summed E-state index contributed by atoms with van der Waals surface area (Å²) in [6.07, 6.45) is -4.43. The molecular weight excluding hydrogens is 247 g/mol. The molecular formula is C12H14F3NO2. The number of benzene rings is 1. The van der Waals surface area contributed by atoms with Gasteiger partial charge in [-0.25, -0.2) is 4.79 Å². The van der Waals surface area contributed by atoms with Crippen LogP contribution in [0.2, 0.25) is 0 Å². The molecule has 0 aliphatic heterocycles. The van der Waals surface area contributed by atoms with Gasteiger partial charge in [-0.05, 0) is 31.8 Å². The highest BCUT2D eigenvalue weighted by molar-refractivity contribution is 5.77. The second kappa shape index (κ2) is 5.39. The van der Waals surface area contributed by atoms with Crippen LogP contribution in [0, 0.1) is 0 Å². The summed E-state index contributed by atoms with van der Waals surface area (Å²) >= 11 is 0. The highest BCUT2D eigenvalue weighted by Gasteiger charge is 2.32. The molecule has 0 saturated heterocycles. The van der Waals surface area contributed by atoms with E-state index in [1.54, 1.807) is 14.1 Å². The molecule has 6 heteroatoms. The summed E-state index contributed by atoms with van der Waals surface area (Å²) in [5, 5.41) is 0. The Morgan fingerprint density at radius 3 is 2.39 bits per heavy atom. The number of likely N-dealkylation sites (N-methyl/N-ethyl adjacent to an activating group) is 1. The smallest absolute Gasteiger partial charge is 0.416 e. The fourth-order valence-corrected chi connectivity index (χ4v) is 1.64. The summed E-state index contributed by atoms with van der Waals surface area (Å²) < 4.78 is 42.3. The highest BCUT2D eigenvalue weighted by Crippen LogP contribution is 2.31. The average molecular weight is 261 g/mol. The number of carbonyl (C=O) groups is 1. The van der Waals surface area contributed by atoms with Crippen molar-refractivity contribution in [3.05, 3.63) is 35.4 Å². The third-order valence-corrected chi connectivity index (χ3v) is 2.47. The van der Waals surface area contributed by atoms with E-state index in [1.807, 2.05) is 0 Å². The molecule has 1 unspecified atom stereocenters. The molecule has 0 amide bonds. The first-order valence-corrected chi connectivity index (χ1v) is 5.18. The van der Waals surface area contributed by atoms with Crippen molar-refractivity contribution in [3.8, 4) is 0 Å². The van der Waals surface area contributed by atoms with Crippen molar-refractivity contribution in [2.45, 2.75) is 12.2 Å². The quantitative estimate of drug-likeness (QED) is 0.783. The number of hydrogen-bond donors (Lipinski definition) is 0. The van der Waals surface area contributed by atoms with E-state index < -0.39 is 23.8 Å². The standard InChI is InChI=1S/C12H14F3NO2/c1-16(2)10(11(17)18-3)8-5-4-6-9(7-8)12(13,14)15/h4-7,10H,1-3H3. The summed E-state index contributed by atoms with van der Waals surface area (Å²) in [5.74, 6) is -0.598. The summed E-state index contributed by atoms with van der Waals surface area (Å²) in [5.41, 5.74) is -0.530. The van der Waals surface area contributed by atoms with Crippen LogP contribution in [0.25, 0.3) is 0 Å². The molecule has 1 aromatic rings. The molecule has 0 aliphatic carbocycles. The van der Waals surface area contributed by atoms with Crippen molar-refractivity contribution < 1.29 is 22.7 Å². The number of alkyl halides is 3. The number of esters is 1. The van der Waals surface area contributed by atoms with Crippen molar-refractivity contribution in [3.63, 3.8) is 0 Å². The molecule has 1 atom stereocenters. The lowest BCUT2D eigenvalue weighted by atomic mass is 10.0. The maximum absolute atomic E-state index is 12.6. The molecule has 0 saturated carbocycles. The molecule has 1 rings (SSSR count). The maximum Gasteiger partial charge on any atom is 0.416 e. The Hall–Kier alpha value is -1.56. The van der Waals surface area contributed by atoms with E-state index in [4.69, 9.17) is 0 Å². The Bertz CT molecular complexity index is 430. The zero-order chi connectivity index (χ0) is 13.9. The molecule has 0 spiro atoms. The average Bonchev–Trinajstić information content (AvgIpc) is 2.27. The van der Waals surface area contributed by atoms with Gasteiger partial charge < -0.3 is 4.74 Å². The molecule has 0 aromatic heterocycles. The van der Waals surface area contributed by atoms with Crippen LogP contribution in [0.5, 0.6) is 0 Å². The number of hydrogen-bond acceptors (Lipinski definition) is 3. The van der Waals surface area contributed by atoms with Gasteiger partial charge in [0.15, 0.2) is 0 Å². The molecule has 0 heterocycles. The van der Waals surface area contributed by atoms with Gasteiger partial charge in [0.1, 0.15) is 6.04 Å². The lowest BCUT2D eigenvalue weighted by molar-refractivity contribution is -0.146. The number of nitrogens with zero attached hydrogens (tertiary/aromatic N) is 1. The SMILES string of the molecule is COC(=O)C(c1cccc(C(F)(F)F)c1)N(C)C. The Balaban J connectivity index is 3.18. The number of rotatable bonds is 3. The van der Waals surface area contributed by atoms with Crippen LogP contribution >= 0.6 is 0 Å². The molecule has 18 heavy (non-hydrogen) atoms. The van der Waals surface area contributed by atoms with E-state index in [0.717, 1.165) is 12.1 Å². The predicted octanol–water partition coefficient (Wildman–Crippen LogP) is 2.48. The summed E-state index contributed by atoms with van der Waals surface area (Å²) in [4.78, 5) is 13.1. The minimum Gasteiger partial charge on any atom is -0.468 e. The van der Waals surface area contributed by atoms with E-state index in [1.165, 1.54) is 24.1 Å². The fourth-order valence-electron chi connectivity index (χ4n) is 1.64. The zero-order valence-electron chi connectivity index (χ0n) is 10.3. The number of methoxy groups -OCH3 is 1. The topological polar surface area (TPSA) is 29.5 Å². The fraction of sp³-hybridized carbons (Fsp3) is 0.417. The monoisotopic (exact) mass is 261 g/mol. The van der Waals surface area contributed by atoms with Gasteiger partial charge in [-0.1, -0.05) is 12.1 Å². The predicted molar refractivity (Wildman–Crippen MR) is 59.9 cm³/mol. The van der Waals surface area contributed by atoms with Crippen LogP contribution < -0.4 is 0 Å². The molecule has 0 bridgehead atoms. The van der Waals surface area contributed by atoms with E-state index in [2.05, 4.69) is 4.74 Å². The van der Waals surface area contributed by atoms with E-state index in [-0.39, 0.29) is 5.56 Å². The first kappa shape index (κ1) is 14.5. The van der Waals surface area contributed by atoms with Gasteiger partial charge in [-0.2, -0.15) is 13.2 Å². The Morgan fingerprint density at radius 1 is 1.33 bits per heavy atom. The molecule has 3 nitrogen and oxygen atoms in total. The van der Waals surface area contributed by atoms with E-state index in [9.17, 15) is 18.0 Å². The third kappa shape index (κ3) is 3.22. The number of ether oxygens (including phenoxy) is 1. The first-order chi connectivity index (χ1) is 8.27. The molecule has 0 radical (unpaired) electrons. The van der Waals surface area contributed by atoms with Crippen LogP contribution in [0.1, 0.15) is 17.2 Å². The second-order valence-electron chi connectivity index (χ2n) is 4.01. The lowest BCUT2D eigenvalue weighted by Gasteiger charge is -2.22. The van der Waals surface area contributed by atoms with E-state index >= 15 is 0 Å². The van der Waals surface area contributed by atoms with Crippen LogP contribution in [0.4, 0.5) is 13.2 Å². The molecule has 1 aromatic carbocycles. The second-order valence-corrected chi connectivity index (χ2v) is 4.01. The van der Waals surface area contributed by atoms with E-state index in [0.29, 0.717) is 0 Å². The van der Waals surface area contributed by atoms with Gasteiger partial charge in [-0.3, -0.25) is 4.90 Å². The van der Waals surface area contributed by atoms with Gasteiger partial charge in [0.05, 0.1) is 12.7 Å². The van der Waals surface area contributed by atoms with Crippen LogP contribution in [-0.4, -0.2) is 32.1 Å². The maximum atomic E-state index is 12.6. The van der Waals surface area contributed by atoms with Crippen LogP contribution in [0.3, 0.4) is 0 Å². The Morgan fingerprint density at radius 2 is 1.94 bits per heavy atom. The normalized spacial score (nSPS) is 13.5. The van der Waals surface area contributed by atoms with Crippen molar-refractivity contribution in [2.75, 3.05) is 21.2 Å². The lowest BCUT2D eigenvalue weighted by Crippen LogP contribution is -2.28. The molecule has 0 N–H and O–H groups in total. The number of halogens is 3. The van der Waals surface area contributed by atoms with Gasteiger partial charge in [0, 0.05) is 0 Å². The van der Waals surface area contributed by atoms with Crippen LogP contribution in [-0.2, 0) is 15.7 Å². The van der Waals surface area contributed by atoms with Gasteiger partial charge >= 0.3 is 12.1 Å². The van der Waals surface area contributed by atoms with Crippen molar-refractivity contribution in [1.82, 2.24) is 4.90 Å². The zero-order valence-corrected chi connectivity index (χ0v) is 10.3. The minimum absolute atomic E-state index is 0.252. The van der Waals surface area contributed by atoms with Crippen LogP contribution in [0.15, 0.2) is 24.3 Å². The van der Waals surface area contributed by atoms with Crippen molar-refractivity contribution in [1.29, 1.82) is 0 Å². The molecule has 0 fully saturated rings. The van der Waals surface area contributed by atoms with Gasteiger partial charge in [-0.15, -0.1) is 0 Å². The molecule has 100 valence electrons. The number of carbonyl (C=O) groups excluding carboxylic acids is 1. The summed E-state index contributed by atoms with van der Waals surface area (Å²) in [6.45, 7) is 0. The first-order valence-electron chi connectivity index (χ1n) is 5.18. The minimum atomic E-state index is -4.43. The largest absolute Gasteiger partial charge is 0.468 e.